The molecule has 1 aromatic rings. The van der Waals surface area contributed by atoms with Gasteiger partial charge in [0.15, 0.2) is 0 Å². The van der Waals surface area contributed by atoms with Gasteiger partial charge >= 0.3 is 6.03 Å². The first-order chi connectivity index (χ1) is 10.1. The van der Waals surface area contributed by atoms with E-state index in [1.807, 2.05) is 24.3 Å². The summed E-state index contributed by atoms with van der Waals surface area (Å²) in [5.41, 5.74) is 1.94. The molecule has 1 aliphatic heterocycles. The first kappa shape index (κ1) is 15.4. The highest BCUT2D eigenvalue weighted by Gasteiger charge is 2.23. The molecule has 0 saturated carbocycles. The number of hydrogen-bond donors (Lipinski definition) is 2. The lowest BCUT2D eigenvalue weighted by Crippen LogP contribution is -2.41. The number of benzene rings is 1. The maximum atomic E-state index is 11.9. The molecule has 3 amide bonds. The van der Waals surface area contributed by atoms with Crippen molar-refractivity contribution in [3.05, 3.63) is 29.8 Å². The normalized spacial score (nSPS) is 17.6. The lowest BCUT2D eigenvalue weighted by Gasteiger charge is -2.16. The van der Waals surface area contributed by atoms with Crippen LogP contribution in [0, 0.1) is 5.92 Å². The SMILES string of the molecule is CCc1cccc(NC(=O)CNC(=O)N2CCC(C)C2)c1. The van der Waals surface area contributed by atoms with E-state index in [9.17, 15) is 9.59 Å². The Morgan fingerprint density at radius 1 is 1.38 bits per heavy atom. The van der Waals surface area contributed by atoms with Crippen molar-refractivity contribution in [2.75, 3.05) is 25.0 Å². The summed E-state index contributed by atoms with van der Waals surface area (Å²) in [6.45, 7) is 5.73. The standard InChI is InChI=1S/C16H23N3O2/c1-3-13-5-4-6-14(9-13)18-15(20)10-17-16(21)19-8-7-12(2)11-19/h4-6,9,12H,3,7-8,10-11H2,1-2H3,(H,17,21)(H,18,20). The smallest absolute Gasteiger partial charge is 0.317 e. The van der Waals surface area contributed by atoms with Gasteiger partial charge in [-0.3, -0.25) is 4.79 Å². The van der Waals surface area contributed by atoms with E-state index in [2.05, 4.69) is 24.5 Å². The molecule has 0 aliphatic carbocycles. The minimum absolute atomic E-state index is 0.0000664. The van der Waals surface area contributed by atoms with Gasteiger partial charge in [0.1, 0.15) is 0 Å². The molecule has 1 fully saturated rings. The third kappa shape index (κ3) is 4.48. The zero-order valence-corrected chi connectivity index (χ0v) is 12.7. The molecule has 0 radical (unpaired) electrons. The van der Waals surface area contributed by atoms with E-state index in [4.69, 9.17) is 0 Å². The van der Waals surface area contributed by atoms with Gasteiger partial charge in [-0.25, -0.2) is 4.79 Å². The predicted octanol–water partition coefficient (Wildman–Crippen LogP) is 2.24. The van der Waals surface area contributed by atoms with Crippen molar-refractivity contribution in [3.63, 3.8) is 0 Å². The molecule has 21 heavy (non-hydrogen) atoms. The summed E-state index contributed by atoms with van der Waals surface area (Å²) in [4.78, 5) is 25.5. The Balaban J connectivity index is 1.78. The molecule has 1 aromatic carbocycles. The van der Waals surface area contributed by atoms with Gasteiger partial charge in [0, 0.05) is 18.8 Å². The number of hydrogen-bond acceptors (Lipinski definition) is 2. The van der Waals surface area contributed by atoms with Gasteiger partial charge < -0.3 is 15.5 Å². The van der Waals surface area contributed by atoms with Crippen LogP contribution in [0.1, 0.15) is 25.8 Å². The molecule has 0 aromatic heterocycles. The molecular weight excluding hydrogens is 266 g/mol. The molecule has 2 N–H and O–H groups in total. The Morgan fingerprint density at radius 3 is 2.86 bits per heavy atom. The van der Waals surface area contributed by atoms with Crippen LogP contribution in [0.5, 0.6) is 0 Å². The number of rotatable bonds is 4. The molecule has 0 spiro atoms. The Hall–Kier alpha value is -2.04. The van der Waals surface area contributed by atoms with Crippen LogP contribution in [0.15, 0.2) is 24.3 Å². The van der Waals surface area contributed by atoms with Crippen LogP contribution >= 0.6 is 0 Å². The predicted molar refractivity (Wildman–Crippen MR) is 83.2 cm³/mol. The number of aryl methyl sites for hydroxylation is 1. The van der Waals surface area contributed by atoms with Crippen molar-refractivity contribution >= 4 is 17.6 Å². The number of carbonyl (C=O) groups excluding carboxylic acids is 2. The van der Waals surface area contributed by atoms with E-state index in [1.54, 1.807) is 4.90 Å². The lowest BCUT2D eigenvalue weighted by molar-refractivity contribution is -0.115. The summed E-state index contributed by atoms with van der Waals surface area (Å²) in [6, 6.07) is 7.57. The van der Waals surface area contributed by atoms with E-state index in [0.717, 1.165) is 31.6 Å². The Bertz CT molecular complexity index is 516. The second-order valence-electron chi connectivity index (χ2n) is 5.60. The molecule has 1 saturated heterocycles. The van der Waals surface area contributed by atoms with Gasteiger partial charge in [-0.2, -0.15) is 0 Å². The highest BCUT2D eigenvalue weighted by molar-refractivity contribution is 5.94. The van der Waals surface area contributed by atoms with Crippen LogP contribution < -0.4 is 10.6 Å². The van der Waals surface area contributed by atoms with Gasteiger partial charge in [-0.05, 0) is 36.5 Å². The number of carbonyl (C=O) groups is 2. The first-order valence-electron chi connectivity index (χ1n) is 7.50. The second kappa shape index (κ2) is 7.11. The summed E-state index contributed by atoms with van der Waals surface area (Å²) in [5, 5.41) is 5.47. The molecular formula is C16H23N3O2. The average molecular weight is 289 g/mol. The minimum Gasteiger partial charge on any atom is -0.329 e. The van der Waals surface area contributed by atoms with Crippen molar-refractivity contribution in [1.29, 1.82) is 0 Å². The van der Waals surface area contributed by atoms with E-state index in [0.29, 0.717) is 5.92 Å². The van der Waals surface area contributed by atoms with Crippen molar-refractivity contribution in [2.24, 2.45) is 5.92 Å². The van der Waals surface area contributed by atoms with Crippen LogP contribution in [0.2, 0.25) is 0 Å². The van der Waals surface area contributed by atoms with Gasteiger partial charge in [0.05, 0.1) is 6.54 Å². The second-order valence-corrected chi connectivity index (χ2v) is 5.60. The molecule has 1 atom stereocenters. The van der Waals surface area contributed by atoms with Gasteiger partial charge in [-0.15, -0.1) is 0 Å². The summed E-state index contributed by atoms with van der Waals surface area (Å²) in [6.07, 6.45) is 1.96. The molecule has 2 rings (SSSR count). The van der Waals surface area contributed by atoms with E-state index < -0.39 is 0 Å². The molecule has 5 nitrogen and oxygen atoms in total. The summed E-state index contributed by atoms with van der Waals surface area (Å²) in [5.74, 6) is 0.338. The molecule has 1 heterocycles. The number of nitrogens with zero attached hydrogens (tertiary/aromatic N) is 1. The van der Waals surface area contributed by atoms with Crippen LogP contribution in [0.4, 0.5) is 10.5 Å². The molecule has 5 heteroatoms. The molecule has 1 aliphatic rings. The zero-order chi connectivity index (χ0) is 15.2. The largest absolute Gasteiger partial charge is 0.329 e. The number of urea groups is 1. The van der Waals surface area contributed by atoms with Crippen LogP contribution in [0.3, 0.4) is 0 Å². The van der Waals surface area contributed by atoms with Gasteiger partial charge in [-0.1, -0.05) is 26.0 Å². The molecule has 1 unspecified atom stereocenters. The maximum Gasteiger partial charge on any atom is 0.317 e. The first-order valence-corrected chi connectivity index (χ1v) is 7.50. The van der Waals surface area contributed by atoms with Gasteiger partial charge in [0.2, 0.25) is 5.91 Å². The van der Waals surface area contributed by atoms with E-state index in [1.165, 1.54) is 5.56 Å². The Morgan fingerprint density at radius 2 is 2.19 bits per heavy atom. The topological polar surface area (TPSA) is 61.4 Å². The highest BCUT2D eigenvalue weighted by atomic mass is 16.2. The van der Waals surface area contributed by atoms with Crippen molar-refractivity contribution < 1.29 is 9.59 Å². The van der Waals surface area contributed by atoms with Crippen molar-refractivity contribution in [2.45, 2.75) is 26.7 Å². The number of anilines is 1. The fraction of sp³-hybridized carbons (Fsp3) is 0.500. The zero-order valence-electron chi connectivity index (χ0n) is 12.7. The van der Waals surface area contributed by atoms with Crippen LogP contribution in [-0.4, -0.2) is 36.5 Å². The Kier molecular flexibility index (Phi) is 5.20. The van der Waals surface area contributed by atoms with Gasteiger partial charge in [0.25, 0.3) is 0 Å². The molecule has 114 valence electrons. The highest BCUT2D eigenvalue weighted by Crippen LogP contribution is 2.14. The van der Waals surface area contributed by atoms with Crippen LogP contribution in [-0.2, 0) is 11.2 Å². The van der Waals surface area contributed by atoms with Crippen molar-refractivity contribution in [3.8, 4) is 0 Å². The quantitative estimate of drug-likeness (QED) is 0.893. The molecule has 0 bridgehead atoms. The lowest BCUT2D eigenvalue weighted by atomic mass is 10.1. The van der Waals surface area contributed by atoms with Crippen molar-refractivity contribution in [1.82, 2.24) is 10.2 Å². The summed E-state index contributed by atoms with van der Waals surface area (Å²) in [7, 11) is 0. The summed E-state index contributed by atoms with van der Waals surface area (Å²) < 4.78 is 0. The monoisotopic (exact) mass is 289 g/mol. The third-order valence-electron chi connectivity index (χ3n) is 3.73. The fourth-order valence-corrected chi connectivity index (χ4v) is 2.46. The van der Waals surface area contributed by atoms with Crippen LogP contribution in [0.25, 0.3) is 0 Å². The number of likely N-dealkylation sites (tertiary alicyclic amines) is 1. The van der Waals surface area contributed by atoms with E-state index in [-0.39, 0.29) is 18.5 Å². The third-order valence-corrected chi connectivity index (χ3v) is 3.73. The summed E-state index contributed by atoms with van der Waals surface area (Å²) >= 11 is 0. The Labute approximate surface area is 125 Å². The fourth-order valence-electron chi connectivity index (χ4n) is 2.46. The maximum absolute atomic E-state index is 11.9. The van der Waals surface area contributed by atoms with E-state index >= 15 is 0 Å². The number of amides is 3. The average Bonchev–Trinajstić information content (AvgIpc) is 2.91. The number of nitrogens with one attached hydrogen (secondary N) is 2. The minimum atomic E-state index is -0.205.